The van der Waals surface area contributed by atoms with Crippen LogP contribution in [0.3, 0.4) is 0 Å². The van der Waals surface area contributed by atoms with Gasteiger partial charge in [0, 0.05) is 0 Å². The van der Waals surface area contributed by atoms with Crippen molar-refractivity contribution < 1.29 is 19.8 Å². The van der Waals surface area contributed by atoms with Gasteiger partial charge in [-0.2, -0.15) is 0 Å². The molecule has 0 aliphatic carbocycles. The molecule has 0 fully saturated rings. The van der Waals surface area contributed by atoms with Crippen LogP contribution in [-0.4, -0.2) is 28.8 Å². The summed E-state index contributed by atoms with van der Waals surface area (Å²) in [5, 5.41) is 23.3. The molecule has 9 nitrogen and oxygen atoms in total. The Morgan fingerprint density at radius 2 is 2.11 bits per heavy atom. The number of hydrogen-bond acceptors (Lipinski definition) is 5. The van der Waals surface area contributed by atoms with Crippen molar-refractivity contribution in [3.8, 4) is 0 Å². The van der Waals surface area contributed by atoms with Crippen LogP contribution in [0.2, 0.25) is 0 Å². The van der Waals surface area contributed by atoms with Crippen molar-refractivity contribution in [1.82, 2.24) is 0 Å². The number of ether oxygens (including phenoxy) is 1. The molecule has 9 heteroatoms. The standard InChI is InChI=1S/C10H13N3O2.HNO3/c1-2-15-9(14)7-5-3-4-6-8(7)13-10(11)12;2-1(3)4/h3-6H,2H2,1H3,(H4,11,12,13);(H,2,3,4). The Hall–Kier alpha value is -2.84. The number of para-hydroxylation sites is 1. The molecule has 104 valence electrons. The third kappa shape index (κ3) is 7.15. The number of hydrogen-bond donors (Lipinski definition) is 4. The van der Waals surface area contributed by atoms with E-state index in [-0.39, 0.29) is 5.96 Å². The number of nitrogens with zero attached hydrogens (tertiary/aromatic N) is 1. The SMILES string of the molecule is CCOC(=O)c1ccccc1NC(=N)N.O=[N+]([O-])O. The van der Waals surface area contributed by atoms with Crippen LogP contribution in [0.5, 0.6) is 0 Å². The summed E-state index contributed by atoms with van der Waals surface area (Å²) < 4.78 is 4.86. The summed E-state index contributed by atoms with van der Waals surface area (Å²) in [6.07, 6.45) is 0. The first-order valence-electron chi connectivity index (χ1n) is 5.09. The number of rotatable bonds is 3. The van der Waals surface area contributed by atoms with Crippen LogP contribution in [-0.2, 0) is 4.74 Å². The molecule has 19 heavy (non-hydrogen) atoms. The molecule has 0 saturated heterocycles. The lowest BCUT2D eigenvalue weighted by molar-refractivity contribution is -0.742. The number of anilines is 1. The zero-order valence-electron chi connectivity index (χ0n) is 10.1. The predicted octanol–water partition coefficient (Wildman–Crippen LogP) is 0.821. The van der Waals surface area contributed by atoms with Gasteiger partial charge in [-0.1, -0.05) is 12.1 Å². The van der Waals surface area contributed by atoms with Gasteiger partial charge >= 0.3 is 5.97 Å². The first kappa shape index (κ1) is 16.2. The van der Waals surface area contributed by atoms with Crippen molar-refractivity contribution in [2.24, 2.45) is 5.73 Å². The van der Waals surface area contributed by atoms with E-state index in [1.807, 2.05) is 0 Å². The summed E-state index contributed by atoms with van der Waals surface area (Å²) >= 11 is 0. The minimum atomic E-state index is -1.50. The van der Waals surface area contributed by atoms with Crippen LogP contribution in [0.1, 0.15) is 17.3 Å². The van der Waals surface area contributed by atoms with Gasteiger partial charge in [-0.05, 0) is 19.1 Å². The second kappa shape index (κ2) is 8.28. The van der Waals surface area contributed by atoms with Gasteiger partial charge in [0.05, 0.1) is 17.9 Å². The van der Waals surface area contributed by atoms with Gasteiger partial charge < -0.3 is 21.0 Å². The van der Waals surface area contributed by atoms with Crippen molar-refractivity contribution >= 4 is 17.6 Å². The molecule has 0 amide bonds. The summed E-state index contributed by atoms with van der Waals surface area (Å²) in [7, 11) is 0. The zero-order valence-corrected chi connectivity index (χ0v) is 10.1. The van der Waals surface area contributed by atoms with Gasteiger partial charge in [0.25, 0.3) is 5.09 Å². The molecule has 0 aromatic heterocycles. The third-order valence-corrected chi connectivity index (χ3v) is 1.69. The minimum Gasteiger partial charge on any atom is -0.462 e. The van der Waals surface area contributed by atoms with Gasteiger partial charge in [0.15, 0.2) is 5.96 Å². The van der Waals surface area contributed by atoms with Crippen LogP contribution in [0, 0.1) is 15.5 Å². The molecule has 1 rings (SSSR count). The van der Waals surface area contributed by atoms with Gasteiger partial charge in [-0.15, -0.1) is 10.1 Å². The highest BCUT2D eigenvalue weighted by Crippen LogP contribution is 2.15. The number of esters is 1. The largest absolute Gasteiger partial charge is 0.462 e. The molecule has 0 atom stereocenters. The number of carbonyl (C=O) groups is 1. The van der Waals surface area contributed by atoms with Crippen LogP contribution in [0.25, 0.3) is 0 Å². The van der Waals surface area contributed by atoms with Crippen molar-refractivity contribution in [3.05, 3.63) is 39.9 Å². The lowest BCUT2D eigenvalue weighted by Gasteiger charge is -2.09. The summed E-state index contributed by atoms with van der Waals surface area (Å²) in [6, 6.07) is 6.74. The predicted molar refractivity (Wildman–Crippen MR) is 66.7 cm³/mol. The van der Waals surface area contributed by atoms with E-state index in [1.165, 1.54) is 0 Å². The van der Waals surface area contributed by atoms with Crippen LogP contribution in [0.4, 0.5) is 5.69 Å². The van der Waals surface area contributed by atoms with E-state index in [1.54, 1.807) is 31.2 Å². The Balaban J connectivity index is 0.000000711. The van der Waals surface area contributed by atoms with E-state index in [2.05, 4.69) is 5.32 Å². The summed E-state index contributed by atoms with van der Waals surface area (Å²) in [6.45, 7) is 2.05. The monoisotopic (exact) mass is 270 g/mol. The lowest BCUT2D eigenvalue weighted by Crippen LogP contribution is -2.22. The molecule has 0 heterocycles. The fraction of sp³-hybridized carbons (Fsp3) is 0.200. The Morgan fingerprint density at radius 3 is 2.58 bits per heavy atom. The highest BCUT2D eigenvalue weighted by molar-refractivity contribution is 6.00. The first-order valence-corrected chi connectivity index (χ1v) is 5.09. The van der Waals surface area contributed by atoms with E-state index >= 15 is 0 Å². The number of benzene rings is 1. The van der Waals surface area contributed by atoms with Gasteiger partial charge in [-0.3, -0.25) is 5.41 Å². The van der Waals surface area contributed by atoms with E-state index in [4.69, 9.17) is 31.2 Å². The van der Waals surface area contributed by atoms with Gasteiger partial charge in [-0.25, -0.2) is 4.79 Å². The quantitative estimate of drug-likeness (QED) is 0.208. The average molecular weight is 270 g/mol. The van der Waals surface area contributed by atoms with Crippen molar-refractivity contribution in [2.75, 3.05) is 11.9 Å². The number of nitrogens with one attached hydrogen (secondary N) is 2. The van der Waals surface area contributed by atoms with Crippen molar-refractivity contribution in [1.29, 1.82) is 5.41 Å². The van der Waals surface area contributed by atoms with Crippen LogP contribution < -0.4 is 11.1 Å². The topological polar surface area (TPSA) is 152 Å². The maximum Gasteiger partial charge on any atom is 0.340 e. The molecule has 0 aliphatic rings. The van der Waals surface area contributed by atoms with Crippen LogP contribution in [0.15, 0.2) is 24.3 Å². The Bertz CT molecular complexity index is 459. The Kier molecular flexibility index (Phi) is 7.04. The van der Waals surface area contributed by atoms with E-state index in [0.717, 1.165) is 0 Å². The number of carbonyl (C=O) groups excluding carboxylic acids is 1. The smallest absolute Gasteiger partial charge is 0.340 e. The number of guanidine groups is 1. The molecular formula is C10H14N4O5. The molecular weight excluding hydrogens is 256 g/mol. The molecule has 0 bridgehead atoms. The molecule has 0 unspecified atom stereocenters. The maximum atomic E-state index is 11.5. The molecule has 0 aliphatic heterocycles. The molecule has 1 aromatic rings. The second-order valence-electron chi connectivity index (χ2n) is 3.04. The van der Waals surface area contributed by atoms with Crippen molar-refractivity contribution in [3.63, 3.8) is 0 Å². The Labute approximate surface area is 108 Å². The van der Waals surface area contributed by atoms with E-state index < -0.39 is 11.1 Å². The summed E-state index contributed by atoms with van der Waals surface area (Å²) in [5.41, 5.74) is 6.03. The average Bonchev–Trinajstić information content (AvgIpc) is 2.28. The molecule has 0 spiro atoms. The third-order valence-electron chi connectivity index (χ3n) is 1.69. The van der Waals surface area contributed by atoms with E-state index in [9.17, 15) is 4.79 Å². The molecule has 0 saturated carbocycles. The van der Waals surface area contributed by atoms with Gasteiger partial charge in [0.2, 0.25) is 0 Å². The number of nitrogens with two attached hydrogens (primary N) is 1. The minimum absolute atomic E-state index is 0.216. The summed E-state index contributed by atoms with van der Waals surface area (Å²) in [5.74, 6) is -0.645. The second-order valence-corrected chi connectivity index (χ2v) is 3.04. The Morgan fingerprint density at radius 1 is 1.58 bits per heavy atom. The molecule has 1 aromatic carbocycles. The highest BCUT2D eigenvalue weighted by atomic mass is 16.9. The summed E-state index contributed by atoms with van der Waals surface area (Å²) in [4.78, 5) is 19.8. The fourth-order valence-corrected chi connectivity index (χ4v) is 1.12. The highest BCUT2D eigenvalue weighted by Gasteiger charge is 2.11. The van der Waals surface area contributed by atoms with E-state index in [0.29, 0.717) is 17.9 Å². The maximum absolute atomic E-state index is 11.5. The fourth-order valence-electron chi connectivity index (χ4n) is 1.12. The lowest BCUT2D eigenvalue weighted by atomic mass is 10.2. The normalized spacial score (nSPS) is 8.68. The van der Waals surface area contributed by atoms with Gasteiger partial charge in [0.1, 0.15) is 0 Å². The molecule has 5 N–H and O–H groups in total. The van der Waals surface area contributed by atoms with Crippen LogP contribution >= 0.6 is 0 Å². The zero-order chi connectivity index (χ0) is 14.8. The molecule has 0 radical (unpaired) electrons. The van der Waals surface area contributed by atoms with Crippen molar-refractivity contribution in [2.45, 2.75) is 6.92 Å². The first-order chi connectivity index (χ1) is 8.88.